The second-order valence-electron chi connectivity index (χ2n) is 6.30. The number of aryl methyl sites for hydroxylation is 1. The summed E-state index contributed by atoms with van der Waals surface area (Å²) in [7, 11) is 1.71. The van der Waals surface area contributed by atoms with Gasteiger partial charge in [0.2, 0.25) is 17.7 Å². The number of hydrogen-bond acceptors (Lipinski definition) is 4. The Morgan fingerprint density at radius 2 is 2.04 bits per heavy atom. The summed E-state index contributed by atoms with van der Waals surface area (Å²) >= 11 is 1.57. The monoisotopic (exact) mass is 347 g/mol. The van der Waals surface area contributed by atoms with Crippen LogP contribution in [0.1, 0.15) is 12.0 Å². The Labute approximate surface area is 145 Å². The first-order valence-electron chi connectivity index (χ1n) is 7.96. The minimum Gasteiger partial charge on any atom is -0.345 e. The number of anilines is 1. The van der Waals surface area contributed by atoms with Crippen LogP contribution < -0.4 is 5.32 Å². The molecule has 3 rings (SSSR count). The molecule has 24 heavy (non-hydrogen) atoms. The molecule has 3 amide bonds. The van der Waals surface area contributed by atoms with Gasteiger partial charge in [-0.1, -0.05) is 18.2 Å². The zero-order chi connectivity index (χ0) is 17.3. The molecule has 0 aromatic heterocycles. The normalized spacial score (nSPS) is 23.7. The van der Waals surface area contributed by atoms with Gasteiger partial charge in [-0.05, 0) is 18.6 Å². The Morgan fingerprint density at radius 3 is 2.71 bits per heavy atom. The lowest BCUT2D eigenvalue weighted by Crippen LogP contribution is -2.47. The fourth-order valence-corrected chi connectivity index (χ4v) is 4.23. The molecule has 2 atom stereocenters. The van der Waals surface area contributed by atoms with Crippen LogP contribution in [0.4, 0.5) is 5.69 Å². The third-order valence-corrected chi connectivity index (χ3v) is 5.57. The van der Waals surface area contributed by atoms with E-state index in [0.717, 1.165) is 11.3 Å². The van der Waals surface area contributed by atoms with Crippen molar-refractivity contribution in [3.05, 3.63) is 29.8 Å². The van der Waals surface area contributed by atoms with Crippen molar-refractivity contribution in [2.75, 3.05) is 30.5 Å². The average Bonchev–Trinajstić information content (AvgIpc) is 3.16. The number of amides is 3. The first kappa shape index (κ1) is 16.8. The van der Waals surface area contributed by atoms with Crippen molar-refractivity contribution in [2.45, 2.75) is 19.4 Å². The highest BCUT2D eigenvalue weighted by atomic mass is 32.2. The maximum atomic E-state index is 12.7. The van der Waals surface area contributed by atoms with Gasteiger partial charge >= 0.3 is 0 Å². The topological polar surface area (TPSA) is 69.7 Å². The van der Waals surface area contributed by atoms with Crippen LogP contribution in [0.15, 0.2) is 24.3 Å². The van der Waals surface area contributed by atoms with E-state index in [0.29, 0.717) is 18.2 Å². The first-order chi connectivity index (χ1) is 11.5. The number of likely N-dealkylation sites (tertiary alicyclic amines) is 1. The zero-order valence-electron chi connectivity index (χ0n) is 13.8. The number of benzene rings is 1. The lowest BCUT2D eigenvalue weighted by Gasteiger charge is -2.25. The average molecular weight is 347 g/mol. The molecule has 7 heteroatoms. The number of thioether (sulfide) groups is 1. The molecule has 0 unspecified atom stereocenters. The highest BCUT2D eigenvalue weighted by Crippen LogP contribution is 2.27. The maximum absolute atomic E-state index is 12.7. The van der Waals surface area contributed by atoms with Crippen molar-refractivity contribution in [2.24, 2.45) is 5.92 Å². The van der Waals surface area contributed by atoms with Crippen LogP contribution in [0, 0.1) is 12.8 Å². The van der Waals surface area contributed by atoms with E-state index in [9.17, 15) is 14.4 Å². The lowest BCUT2D eigenvalue weighted by atomic mass is 10.1. The Bertz CT molecular complexity index is 679. The van der Waals surface area contributed by atoms with Crippen LogP contribution in [0.2, 0.25) is 0 Å². The summed E-state index contributed by atoms with van der Waals surface area (Å²) in [5, 5.41) is 2.92. The number of nitrogens with one attached hydrogen (secondary N) is 1. The van der Waals surface area contributed by atoms with Gasteiger partial charge in [0, 0.05) is 31.5 Å². The Balaban J connectivity index is 1.69. The van der Waals surface area contributed by atoms with Crippen molar-refractivity contribution in [1.29, 1.82) is 0 Å². The molecular formula is C17H21N3O3S. The van der Waals surface area contributed by atoms with Crippen LogP contribution in [-0.4, -0.2) is 58.8 Å². The molecule has 6 nitrogen and oxygen atoms in total. The predicted molar refractivity (Wildman–Crippen MR) is 93.5 cm³/mol. The molecule has 0 radical (unpaired) electrons. The summed E-state index contributed by atoms with van der Waals surface area (Å²) < 4.78 is 0. The summed E-state index contributed by atoms with van der Waals surface area (Å²) in [5.74, 6) is 0.470. The lowest BCUT2D eigenvalue weighted by molar-refractivity contribution is -0.139. The van der Waals surface area contributed by atoms with Gasteiger partial charge in [-0.3, -0.25) is 14.4 Å². The standard InChI is InChI=1S/C17H21N3O3S/c1-11-5-3-4-6-13(11)18-16(22)14-9-24-10-20(14)17(23)12-7-15(21)19(2)8-12/h3-6,12,14H,7-10H2,1-2H3,(H,18,22)/t12-,14+/m1/s1. The zero-order valence-corrected chi connectivity index (χ0v) is 14.6. The fraction of sp³-hybridized carbons (Fsp3) is 0.471. The molecular weight excluding hydrogens is 326 g/mol. The van der Waals surface area contributed by atoms with E-state index in [1.165, 1.54) is 0 Å². The summed E-state index contributed by atoms with van der Waals surface area (Å²) in [6.45, 7) is 2.37. The number of rotatable bonds is 3. The quantitative estimate of drug-likeness (QED) is 0.895. The van der Waals surface area contributed by atoms with Gasteiger partial charge in [0.15, 0.2) is 0 Å². The summed E-state index contributed by atoms with van der Waals surface area (Å²) in [4.78, 5) is 40.2. The van der Waals surface area contributed by atoms with Crippen LogP contribution >= 0.6 is 11.8 Å². The minimum absolute atomic E-state index is 0.0129. The van der Waals surface area contributed by atoms with E-state index in [1.54, 1.807) is 28.6 Å². The SMILES string of the molecule is Cc1ccccc1NC(=O)[C@@H]1CSCN1C(=O)[C@@H]1CC(=O)N(C)C1. The Morgan fingerprint density at radius 1 is 1.29 bits per heavy atom. The fourth-order valence-electron chi connectivity index (χ4n) is 3.07. The first-order valence-corrected chi connectivity index (χ1v) is 9.11. The molecule has 2 aliphatic rings. The molecule has 0 spiro atoms. The van der Waals surface area contributed by atoms with Gasteiger partial charge < -0.3 is 15.1 Å². The Hall–Kier alpha value is -2.02. The molecule has 1 N–H and O–H groups in total. The van der Waals surface area contributed by atoms with Gasteiger partial charge in [0.05, 0.1) is 11.8 Å². The van der Waals surface area contributed by atoms with E-state index in [-0.39, 0.29) is 30.1 Å². The molecule has 2 aliphatic heterocycles. The van der Waals surface area contributed by atoms with Gasteiger partial charge in [-0.25, -0.2) is 0 Å². The Kier molecular flexibility index (Phi) is 4.80. The van der Waals surface area contributed by atoms with E-state index in [1.807, 2.05) is 31.2 Å². The molecule has 0 saturated carbocycles. The second kappa shape index (κ2) is 6.84. The molecule has 1 aromatic carbocycles. The summed E-state index contributed by atoms with van der Waals surface area (Å²) in [5.41, 5.74) is 1.75. The number of carbonyl (C=O) groups excluding carboxylic acids is 3. The molecule has 0 bridgehead atoms. The second-order valence-corrected chi connectivity index (χ2v) is 7.30. The van der Waals surface area contributed by atoms with E-state index in [2.05, 4.69) is 5.32 Å². The summed E-state index contributed by atoms with van der Waals surface area (Å²) in [6.07, 6.45) is 0.239. The molecule has 1 aromatic rings. The van der Waals surface area contributed by atoms with Gasteiger partial charge in [0.1, 0.15) is 6.04 Å². The third-order valence-electron chi connectivity index (χ3n) is 4.56. The molecule has 0 aliphatic carbocycles. The number of hydrogen-bond donors (Lipinski definition) is 1. The highest BCUT2D eigenvalue weighted by molar-refractivity contribution is 7.99. The van der Waals surface area contributed by atoms with E-state index >= 15 is 0 Å². The van der Waals surface area contributed by atoms with Crippen molar-refractivity contribution in [1.82, 2.24) is 9.80 Å². The van der Waals surface area contributed by atoms with Crippen LogP contribution in [0.3, 0.4) is 0 Å². The van der Waals surface area contributed by atoms with Crippen molar-refractivity contribution in [3.63, 3.8) is 0 Å². The minimum atomic E-state index is -0.483. The number of para-hydroxylation sites is 1. The van der Waals surface area contributed by atoms with Gasteiger partial charge in [-0.15, -0.1) is 11.8 Å². The third kappa shape index (κ3) is 3.26. The van der Waals surface area contributed by atoms with E-state index in [4.69, 9.17) is 0 Å². The molecule has 128 valence electrons. The predicted octanol–water partition coefficient (Wildman–Crippen LogP) is 1.31. The van der Waals surface area contributed by atoms with Crippen molar-refractivity contribution < 1.29 is 14.4 Å². The smallest absolute Gasteiger partial charge is 0.248 e. The maximum Gasteiger partial charge on any atom is 0.248 e. The number of carbonyl (C=O) groups is 3. The van der Waals surface area contributed by atoms with Gasteiger partial charge in [0.25, 0.3) is 0 Å². The van der Waals surface area contributed by atoms with E-state index < -0.39 is 6.04 Å². The molecule has 2 heterocycles. The van der Waals surface area contributed by atoms with Crippen LogP contribution in [0.25, 0.3) is 0 Å². The van der Waals surface area contributed by atoms with Gasteiger partial charge in [-0.2, -0.15) is 0 Å². The van der Waals surface area contributed by atoms with Crippen molar-refractivity contribution >= 4 is 35.2 Å². The summed E-state index contributed by atoms with van der Waals surface area (Å²) in [6, 6.07) is 7.09. The largest absolute Gasteiger partial charge is 0.345 e. The number of nitrogens with zero attached hydrogens (tertiary/aromatic N) is 2. The highest BCUT2D eigenvalue weighted by Gasteiger charge is 2.41. The van der Waals surface area contributed by atoms with Crippen LogP contribution in [0.5, 0.6) is 0 Å². The van der Waals surface area contributed by atoms with Crippen LogP contribution in [-0.2, 0) is 14.4 Å². The molecule has 2 fully saturated rings. The molecule has 2 saturated heterocycles. The van der Waals surface area contributed by atoms with Crippen molar-refractivity contribution in [3.8, 4) is 0 Å².